The molecule has 0 radical (unpaired) electrons. The van der Waals surface area contributed by atoms with Crippen molar-refractivity contribution in [2.24, 2.45) is 0 Å². The smallest absolute Gasteiger partial charge is 0.236 e. The van der Waals surface area contributed by atoms with E-state index in [0.717, 1.165) is 32.5 Å². The van der Waals surface area contributed by atoms with Crippen molar-refractivity contribution in [3.8, 4) is 0 Å². The minimum Gasteiger partial charge on any atom is -0.342 e. The predicted octanol–water partition coefficient (Wildman–Crippen LogP) is 0.927. The third-order valence-electron chi connectivity index (χ3n) is 3.87. The Morgan fingerprint density at radius 1 is 1.41 bits per heavy atom. The van der Waals surface area contributed by atoms with Crippen LogP contribution in [0.15, 0.2) is 0 Å². The van der Waals surface area contributed by atoms with Crippen molar-refractivity contribution < 1.29 is 4.79 Å². The molecule has 0 saturated carbocycles. The second-order valence-electron chi connectivity index (χ2n) is 5.00. The van der Waals surface area contributed by atoms with Crippen LogP contribution in [0, 0.1) is 0 Å². The molecule has 0 aromatic rings. The number of nitrogens with zero attached hydrogens (tertiary/aromatic N) is 2. The Bertz CT molecular complexity index is 241. The topological polar surface area (TPSA) is 35.6 Å². The molecule has 4 heteroatoms. The van der Waals surface area contributed by atoms with Crippen LogP contribution in [0.5, 0.6) is 0 Å². The fraction of sp³-hybridized carbons (Fsp3) is 0.923. The summed E-state index contributed by atoms with van der Waals surface area (Å²) in [5, 5.41) is 3.40. The van der Waals surface area contributed by atoms with Crippen LogP contribution in [-0.4, -0.2) is 61.0 Å². The number of amides is 1. The van der Waals surface area contributed by atoms with Gasteiger partial charge in [0.2, 0.25) is 5.91 Å². The van der Waals surface area contributed by atoms with Crippen LogP contribution in [0.4, 0.5) is 0 Å². The fourth-order valence-electron chi connectivity index (χ4n) is 2.39. The molecule has 1 fully saturated rings. The van der Waals surface area contributed by atoms with Crippen molar-refractivity contribution in [2.75, 3.05) is 33.2 Å². The van der Waals surface area contributed by atoms with Gasteiger partial charge in [0.15, 0.2) is 0 Å². The van der Waals surface area contributed by atoms with Gasteiger partial charge in [-0.1, -0.05) is 0 Å². The summed E-state index contributed by atoms with van der Waals surface area (Å²) < 4.78 is 0. The molecule has 17 heavy (non-hydrogen) atoms. The van der Waals surface area contributed by atoms with Crippen LogP contribution in [0.25, 0.3) is 0 Å². The molecule has 0 aromatic carbocycles. The van der Waals surface area contributed by atoms with Crippen LogP contribution in [0.3, 0.4) is 0 Å². The standard InChI is InChI=1S/C13H27N3O/c1-5-16(6-2)13(17)10-14-12-7-8-15(4)11(3)9-12/h11-12,14H,5-10H2,1-4H3. The van der Waals surface area contributed by atoms with Gasteiger partial charge < -0.3 is 15.1 Å². The van der Waals surface area contributed by atoms with E-state index in [9.17, 15) is 4.79 Å². The first-order chi connectivity index (χ1) is 8.08. The van der Waals surface area contributed by atoms with Crippen LogP contribution in [0.1, 0.15) is 33.6 Å². The van der Waals surface area contributed by atoms with E-state index >= 15 is 0 Å². The molecule has 4 nitrogen and oxygen atoms in total. The average molecular weight is 241 g/mol. The summed E-state index contributed by atoms with van der Waals surface area (Å²) >= 11 is 0. The number of rotatable bonds is 5. The minimum atomic E-state index is 0.224. The van der Waals surface area contributed by atoms with Crippen LogP contribution >= 0.6 is 0 Å². The number of carbonyl (C=O) groups excluding carboxylic acids is 1. The second kappa shape index (κ2) is 6.97. The van der Waals surface area contributed by atoms with E-state index in [0.29, 0.717) is 18.6 Å². The Morgan fingerprint density at radius 2 is 2.06 bits per heavy atom. The summed E-state index contributed by atoms with van der Waals surface area (Å²) in [6.07, 6.45) is 2.29. The van der Waals surface area contributed by atoms with Crippen molar-refractivity contribution in [3.63, 3.8) is 0 Å². The molecule has 0 spiro atoms. The first-order valence-corrected chi connectivity index (χ1v) is 6.79. The van der Waals surface area contributed by atoms with Gasteiger partial charge in [0.25, 0.3) is 0 Å². The van der Waals surface area contributed by atoms with Crippen molar-refractivity contribution in [3.05, 3.63) is 0 Å². The second-order valence-corrected chi connectivity index (χ2v) is 5.00. The highest BCUT2D eigenvalue weighted by Crippen LogP contribution is 2.14. The van der Waals surface area contributed by atoms with Crippen LogP contribution in [-0.2, 0) is 4.79 Å². The Hall–Kier alpha value is -0.610. The molecule has 1 N–H and O–H groups in total. The number of hydrogen-bond donors (Lipinski definition) is 1. The lowest BCUT2D eigenvalue weighted by atomic mass is 9.99. The predicted molar refractivity (Wildman–Crippen MR) is 71.0 cm³/mol. The van der Waals surface area contributed by atoms with E-state index in [1.54, 1.807) is 0 Å². The van der Waals surface area contributed by atoms with Gasteiger partial charge in [-0.05, 0) is 47.2 Å². The van der Waals surface area contributed by atoms with E-state index in [1.807, 2.05) is 18.7 Å². The van der Waals surface area contributed by atoms with Crippen LogP contribution < -0.4 is 5.32 Å². The molecule has 1 saturated heterocycles. The summed E-state index contributed by atoms with van der Waals surface area (Å²) in [7, 11) is 2.17. The molecule has 1 rings (SSSR count). The Balaban J connectivity index is 2.29. The molecular formula is C13H27N3O. The highest BCUT2D eigenvalue weighted by atomic mass is 16.2. The van der Waals surface area contributed by atoms with Gasteiger partial charge in [-0.2, -0.15) is 0 Å². The number of piperidine rings is 1. The summed E-state index contributed by atoms with van der Waals surface area (Å²) in [5.41, 5.74) is 0. The molecule has 1 aliphatic rings. The van der Waals surface area contributed by atoms with E-state index in [2.05, 4.69) is 24.2 Å². The summed E-state index contributed by atoms with van der Waals surface area (Å²) in [6.45, 7) is 9.53. The van der Waals surface area contributed by atoms with Gasteiger partial charge in [0, 0.05) is 25.2 Å². The van der Waals surface area contributed by atoms with Crippen molar-refractivity contribution in [1.29, 1.82) is 0 Å². The molecule has 1 aliphatic heterocycles. The third kappa shape index (κ3) is 4.28. The highest BCUT2D eigenvalue weighted by molar-refractivity contribution is 5.78. The highest BCUT2D eigenvalue weighted by Gasteiger charge is 2.23. The largest absolute Gasteiger partial charge is 0.342 e. The van der Waals surface area contributed by atoms with Crippen molar-refractivity contribution >= 4 is 5.91 Å². The Morgan fingerprint density at radius 3 is 2.59 bits per heavy atom. The molecule has 1 amide bonds. The SMILES string of the molecule is CCN(CC)C(=O)CNC1CCN(C)C(C)C1. The molecule has 100 valence electrons. The van der Waals surface area contributed by atoms with Crippen molar-refractivity contribution in [1.82, 2.24) is 15.1 Å². The summed E-state index contributed by atoms with van der Waals surface area (Å²) in [6, 6.07) is 1.12. The zero-order valence-electron chi connectivity index (χ0n) is 11.7. The number of likely N-dealkylation sites (N-methyl/N-ethyl adjacent to an activating group) is 1. The first-order valence-electron chi connectivity index (χ1n) is 6.79. The Kier molecular flexibility index (Phi) is 5.92. The van der Waals surface area contributed by atoms with Gasteiger partial charge in [-0.15, -0.1) is 0 Å². The maximum absolute atomic E-state index is 11.8. The molecular weight excluding hydrogens is 214 g/mol. The number of hydrogen-bond acceptors (Lipinski definition) is 3. The molecule has 1 heterocycles. The maximum atomic E-state index is 11.8. The summed E-state index contributed by atoms with van der Waals surface area (Å²) in [4.78, 5) is 16.1. The number of carbonyl (C=O) groups is 1. The van der Waals surface area contributed by atoms with E-state index in [1.165, 1.54) is 0 Å². The lowest BCUT2D eigenvalue weighted by Gasteiger charge is -2.35. The zero-order valence-corrected chi connectivity index (χ0v) is 11.7. The Labute approximate surface area is 105 Å². The molecule has 0 aliphatic carbocycles. The zero-order chi connectivity index (χ0) is 12.8. The summed E-state index contributed by atoms with van der Waals surface area (Å²) in [5.74, 6) is 0.224. The quantitative estimate of drug-likeness (QED) is 0.778. The third-order valence-corrected chi connectivity index (χ3v) is 3.87. The van der Waals surface area contributed by atoms with Gasteiger partial charge in [-0.25, -0.2) is 0 Å². The van der Waals surface area contributed by atoms with E-state index in [4.69, 9.17) is 0 Å². The van der Waals surface area contributed by atoms with Crippen LogP contribution in [0.2, 0.25) is 0 Å². The number of likely N-dealkylation sites (tertiary alicyclic amines) is 1. The first kappa shape index (κ1) is 14.5. The maximum Gasteiger partial charge on any atom is 0.236 e. The van der Waals surface area contributed by atoms with Gasteiger partial charge in [0.05, 0.1) is 6.54 Å². The van der Waals surface area contributed by atoms with Gasteiger partial charge in [0.1, 0.15) is 0 Å². The monoisotopic (exact) mass is 241 g/mol. The molecule has 2 unspecified atom stereocenters. The van der Waals surface area contributed by atoms with Gasteiger partial charge >= 0.3 is 0 Å². The molecule has 0 bridgehead atoms. The van der Waals surface area contributed by atoms with Gasteiger partial charge in [-0.3, -0.25) is 4.79 Å². The van der Waals surface area contributed by atoms with E-state index < -0.39 is 0 Å². The minimum absolute atomic E-state index is 0.224. The number of nitrogens with one attached hydrogen (secondary N) is 1. The van der Waals surface area contributed by atoms with Crippen molar-refractivity contribution in [2.45, 2.75) is 45.7 Å². The lowest BCUT2D eigenvalue weighted by molar-refractivity contribution is -0.130. The molecule has 2 atom stereocenters. The lowest BCUT2D eigenvalue weighted by Crippen LogP contribution is -2.48. The molecule has 0 aromatic heterocycles. The normalized spacial score (nSPS) is 25.9. The fourth-order valence-corrected chi connectivity index (χ4v) is 2.39. The average Bonchev–Trinajstić information content (AvgIpc) is 2.32. The van der Waals surface area contributed by atoms with E-state index in [-0.39, 0.29) is 5.91 Å².